The molecule has 1 fully saturated rings. The Kier molecular flexibility index (Phi) is 5.60. The number of oxime groups is 1. The molecule has 0 aromatic rings. The second-order valence-electron chi connectivity index (χ2n) is 5.17. The van der Waals surface area contributed by atoms with Crippen molar-refractivity contribution in [1.82, 2.24) is 9.80 Å². The molecule has 0 spiro atoms. The maximum Gasteiger partial charge on any atom is 0.522 e. The molecule has 0 aromatic heterocycles. The van der Waals surface area contributed by atoms with Crippen molar-refractivity contribution < 1.29 is 23.1 Å². The van der Waals surface area contributed by atoms with Crippen molar-refractivity contribution in [2.45, 2.75) is 25.7 Å². The van der Waals surface area contributed by atoms with Gasteiger partial charge in [0.2, 0.25) is 0 Å². The molecule has 1 aliphatic rings. The number of halogens is 3. The minimum Gasteiger partial charge on any atom is -0.409 e. The monoisotopic (exact) mass is 298 g/mol. The van der Waals surface area contributed by atoms with Gasteiger partial charge in [-0.25, -0.2) is 0 Å². The van der Waals surface area contributed by atoms with Crippen molar-refractivity contribution in [3.63, 3.8) is 0 Å². The standard InChI is InChI=1S/C11H21F3N4O2/c1-10(2,9(15)16-19)18-5-3-17(4-6-18)7-8-20-11(12,13)14/h19H,3-8H2,1-2H3,(H2,15,16). The second kappa shape index (κ2) is 6.59. The van der Waals surface area contributed by atoms with Gasteiger partial charge >= 0.3 is 6.36 Å². The topological polar surface area (TPSA) is 74.3 Å². The van der Waals surface area contributed by atoms with Crippen LogP contribution in [0.5, 0.6) is 0 Å². The van der Waals surface area contributed by atoms with E-state index in [-0.39, 0.29) is 19.0 Å². The molecular weight excluding hydrogens is 277 g/mol. The maximum absolute atomic E-state index is 11.9. The van der Waals surface area contributed by atoms with E-state index in [4.69, 9.17) is 10.9 Å². The van der Waals surface area contributed by atoms with Crippen molar-refractivity contribution in [1.29, 1.82) is 0 Å². The largest absolute Gasteiger partial charge is 0.522 e. The summed E-state index contributed by atoms with van der Waals surface area (Å²) < 4.78 is 39.3. The Balaban J connectivity index is 2.37. The van der Waals surface area contributed by atoms with Crippen LogP contribution in [0.1, 0.15) is 13.8 Å². The minimum absolute atomic E-state index is 0.117. The first-order chi connectivity index (χ1) is 9.16. The third kappa shape index (κ3) is 4.80. The maximum atomic E-state index is 11.9. The lowest BCUT2D eigenvalue weighted by Crippen LogP contribution is -2.60. The molecule has 1 aliphatic heterocycles. The molecule has 0 bridgehead atoms. The van der Waals surface area contributed by atoms with E-state index < -0.39 is 11.9 Å². The zero-order chi connectivity index (χ0) is 15.4. The number of amidine groups is 1. The number of hydrogen-bond donors (Lipinski definition) is 2. The molecule has 0 radical (unpaired) electrons. The number of nitrogens with zero attached hydrogens (tertiary/aromatic N) is 3. The summed E-state index contributed by atoms with van der Waals surface area (Å²) in [6.45, 7) is 6.04. The lowest BCUT2D eigenvalue weighted by molar-refractivity contribution is -0.325. The summed E-state index contributed by atoms with van der Waals surface area (Å²) in [4.78, 5) is 3.92. The van der Waals surface area contributed by atoms with Crippen LogP contribution < -0.4 is 5.73 Å². The van der Waals surface area contributed by atoms with Gasteiger partial charge in [-0.15, -0.1) is 13.2 Å². The van der Waals surface area contributed by atoms with Gasteiger partial charge in [0.15, 0.2) is 5.84 Å². The lowest BCUT2D eigenvalue weighted by atomic mass is 10.0. The number of ether oxygens (including phenoxy) is 1. The Morgan fingerprint density at radius 3 is 2.25 bits per heavy atom. The normalized spacial score (nSPS) is 20.4. The van der Waals surface area contributed by atoms with Gasteiger partial charge in [-0.1, -0.05) is 5.16 Å². The summed E-state index contributed by atoms with van der Waals surface area (Å²) in [7, 11) is 0. The SMILES string of the molecule is CC(C)(C(N)=NO)N1CCN(CCOC(F)(F)F)CC1. The van der Waals surface area contributed by atoms with Crippen LogP contribution in [0.15, 0.2) is 5.16 Å². The van der Waals surface area contributed by atoms with Crippen LogP contribution in [0, 0.1) is 0 Å². The molecule has 1 rings (SSSR count). The van der Waals surface area contributed by atoms with Crippen molar-refractivity contribution in [3.05, 3.63) is 0 Å². The first-order valence-corrected chi connectivity index (χ1v) is 6.33. The van der Waals surface area contributed by atoms with E-state index >= 15 is 0 Å². The summed E-state index contributed by atoms with van der Waals surface area (Å²) in [6.07, 6.45) is -4.57. The highest BCUT2D eigenvalue weighted by molar-refractivity contribution is 5.88. The molecule has 0 aliphatic carbocycles. The fourth-order valence-electron chi connectivity index (χ4n) is 2.11. The van der Waals surface area contributed by atoms with Crippen LogP contribution in [-0.2, 0) is 4.74 Å². The average molecular weight is 298 g/mol. The Morgan fingerprint density at radius 1 is 1.25 bits per heavy atom. The molecule has 1 heterocycles. The van der Waals surface area contributed by atoms with Crippen LogP contribution in [0.25, 0.3) is 0 Å². The molecule has 0 atom stereocenters. The third-order valence-electron chi connectivity index (χ3n) is 3.57. The van der Waals surface area contributed by atoms with Crippen LogP contribution in [0.2, 0.25) is 0 Å². The Hall–Kier alpha value is -1.06. The van der Waals surface area contributed by atoms with Crippen molar-refractivity contribution >= 4 is 5.84 Å². The molecule has 20 heavy (non-hydrogen) atoms. The predicted molar refractivity (Wildman–Crippen MR) is 67.5 cm³/mol. The van der Waals surface area contributed by atoms with Gasteiger partial charge in [0, 0.05) is 32.7 Å². The molecule has 3 N–H and O–H groups in total. The summed E-state index contributed by atoms with van der Waals surface area (Å²) in [6, 6.07) is 0. The molecule has 9 heteroatoms. The summed E-state index contributed by atoms with van der Waals surface area (Å²) >= 11 is 0. The van der Waals surface area contributed by atoms with Gasteiger partial charge in [0.1, 0.15) is 0 Å². The van der Waals surface area contributed by atoms with Crippen LogP contribution in [-0.4, -0.2) is 72.1 Å². The fourth-order valence-corrected chi connectivity index (χ4v) is 2.11. The van der Waals surface area contributed by atoms with Gasteiger partial charge in [-0.2, -0.15) is 0 Å². The van der Waals surface area contributed by atoms with E-state index in [1.165, 1.54) is 0 Å². The zero-order valence-electron chi connectivity index (χ0n) is 11.7. The Bertz CT molecular complexity index is 339. The first-order valence-electron chi connectivity index (χ1n) is 6.33. The van der Waals surface area contributed by atoms with Crippen molar-refractivity contribution in [2.75, 3.05) is 39.3 Å². The lowest BCUT2D eigenvalue weighted by Gasteiger charge is -2.43. The molecule has 0 saturated carbocycles. The molecule has 0 unspecified atom stereocenters. The third-order valence-corrected chi connectivity index (χ3v) is 3.57. The molecule has 118 valence electrons. The Labute approximate surface area is 115 Å². The number of alkyl halides is 3. The van der Waals surface area contributed by atoms with Gasteiger partial charge < -0.3 is 10.9 Å². The molecule has 0 aromatic carbocycles. The number of nitrogens with two attached hydrogens (primary N) is 1. The smallest absolute Gasteiger partial charge is 0.409 e. The first kappa shape index (κ1) is 17.0. The highest BCUT2D eigenvalue weighted by Crippen LogP contribution is 2.18. The molecule has 1 saturated heterocycles. The summed E-state index contributed by atoms with van der Waals surface area (Å²) in [5.74, 6) is 0.117. The highest BCUT2D eigenvalue weighted by atomic mass is 19.4. The summed E-state index contributed by atoms with van der Waals surface area (Å²) in [5.41, 5.74) is 5.06. The van der Waals surface area contributed by atoms with E-state index in [9.17, 15) is 13.2 Å². The van der Waals surface area contributed by atoms with E-state index in [1.807, 2.05) is 23.6 Å². The molecule has 6 nitrogen and oxygen atoms in total. The van der Waals surface area contributed by atoms with Crippen LogP contribution in [0.4, 0.5) is 13.2 Å². The van der Waals surface area contributed by atoms with Gasteiger partial charge in [-0.05, 0) is 13.8 Å². The number of piperazine rings is 1. The Morgan fingerprint density at radius 2 is 1.80 bits per heavy atom. The average Bonchev–Trinajstić information content (AvgIpc) is 2.36. The van der Waals surface area contributed by atoms with Crippen LogP contribution in [0.3, 0.4) is 0 Å². The van der Waals surface area contributed by atoms with Crippen molar-refractivity contribution in [2.24, 2.45) is 10.9 Å². The van der Waals surface area contributed by atoms with Crippen LogP contribution >= 0.6 is 0 Å². The summed E-state index contributed by atoms with van der Waals surface area (Å²) in [5, 5.41) is 11.8. The van der Waals surface area contributed by atoms with Gasteiger partial charge in [-0.3, -0.25) is 14.5 Å². The quantitative estimate of drug-likeness (QED) is 0.338. The fraction of sp³-hybridized carbons (Fsp3) is 0.909. The minimum atomic E-state index is -4.57. The zero-order valence-corrected chi connectivity index (χ0v) is 11.7. The molecule has 0 amide bonds. The predicted octanol–water partition coefficient (Wildman–Crippen LogP) is 0.665. The van der Waals surface area contributed by atoms with Crippen molar-refractivity contribution in [3.8, 4) is 0 Å². The van der Waals surface area contributed by atoms with Gasteiger partial charge in [0.05, 0.1) is 12.1 Å². The van der Waals surface area contributed by atoms with Gasteiger partial charge in [0.25, 0.3) is 0 Å². The van der Waals surface area contributed by atoms with E-state index in [1.54, 1.807) is 0 Å². The van der Waals surface area contributed by atoms with E-state index in [0.717, 1.165) is 0 Å². The van der Waals surface area contributed by atoms with E-state index in [0.29, 0.717) is 26.2 Å². The second-order valence-corrected chi connectivity index (χ2v) is 5.17. The number of hydrogen-bond acceptors (Lipinski definition) is 5. The van der Waals surface area contributed by atoms with E-state index in [2.05, 4.69) is 9.89 Å². The highest BCUT2D eigenvalue weighted by Gasteiger charge is 2.34. The molecular formula is C11H21F3N4O2. The number of rotatable bonds is 5.